The summed E-state index contributed by atoms with van der Waals surface area (Å²) in [5, 5.41) is 5.86. The molecule has 4 heteroatoms. The number of anilines is 2. The fourth-order valence-electron chi connectivity index (χ4n) is 2.44. The van der Waals surface area contributed by atoms with Crippen LogP contribution in [-0.4, -0.2) is 11.8 Å². The Hall–Kier alpha value is -2.62. The minimum atomic E-state index is -0.491. The first kappa shape index (κ1) is 18.7. The molecule has 0 fully saturated rings. The molecule has 2 amide bonds. The second-order valence-corrected chi connectivity index (χ2v) is 7.20. The van der Waals surface area contributed by atoms with E-state index in [1.807, 2.05) is 45.9 Å². The number of carbonyl (C=O) groups excluding carboxylic acids is 2. The van der Waals surface area contributed by atoms with Crippen LogP contribution in [0.1, 0.15) is 49.2 Å². The SMILES string of the molecule is CCc1cccc(C)c1NC(=O)c1cccc(NC(=O)C(C)(C)C)c1. The first-order chi connectivity index (χ1) is 11.7. The highest BCUT2D eigenvalue weighted by Crippen LogP contribution is 2.23. The van der Waals surface area contributed by atoms with Crippen molar-refractivity contribution in [1.82, 2.24) is 0 Å². The van der Waals surface area contributed by atoms with E-state index in [9.17, 15) is 9.59 Å². The Kier molecular flexibility index (Phi) is 5.62. The van der Waals surface area contributed by atoms with Crippen molar-refractivity contribution in [1.29, 1.82) is 0 Å². The highest BCUT2D eigenvalue weighted by atomic mass is 16.2. The topological polar surface area (TPSA) is 58.2 Å². The predicted molar refractivity (Wildman–Crippen MR) is 103 cm³/mol. The maximum atomic E-state index is 12.6. The van der Waals surface area contributed by atoms with Crippen LogP contribution in [0.5, 0.6) is 0 Å². The zero-order valence-electron chi connectivity index (χ0n) is 15.6. The lowest BCUT2D eigenvalue weighted by Gasteiger charge is -2.18. The molecule has 2 N–H and O–H groups in total. The van der Waals surface area contributed by atoms with Crippen LogP contribution in [0.4, 0.5) is 11.4 Å². The first-order valence-corrected chi connectivity index (χ1v) is 8.53. The summed E-state index contributed by atoms with van der Waals surface area (Å²) in [5.41, 5.74) is 3.63. The smallest absolute Gasteiger partial charge is 0.255 e. The molecular formula is C21H26N2O2. The molecule has 0 aliphatic rings. The molecule has 0 aliphatic carbocycles. The lowest BCUT2D eigenvalue weighted by atomic mass is 9.95. The number of nitrogens with one attached hydrogen (secondary N) is 2. The van der Waals surface area contributed by atoms with Gasteiger partial charge in [0.25, 0.3) is 5.91 Å². The van der Waals surface area contributed by atoms with E-state index in [1.54, 1.807) is 24.3 Å². The highest BCUT2D eigenvalue weighted by Gasteiger charge is 2.21. The second kappa shape index (κ2) is 7.51. The monoisotopic (exact) mass is 338 g/mol. The maximum Gasteiger partial charge on any atom is 0.255 e. The van der Waals surface area contributed by atoms with E-state index in [2.05, 4.69) is 17.6 Å². The fourth-order valence-corrected chi connectivity index (χ4v) is 2.44. The van der Waals surface area contributed by atoms with Gasteiger partial charge in [-0.15, -0.1) is 0 Å². The van der Waals surface area contributed by atoms with Crippen molar-refractivity contribution >= 4 is 23.2 Å². The number of hydrogen-bond acceptors (Lipinski definition) is 2. The van der Waals surface area contributed by atoms with Gasteiger partial charge in [-0.3, -0.25) is 9.59 Å². The summed E-state index contributed by atoms with van der Waals surface area (Å²) >= 11 is 0. The standard InChI is InChI=1S/C21H26N2O2/c1-6-15-10-7-9-14(2)18(15)23-19(24)16-11-8-12-17(13-16)22-20(25)21(3,4)5/h7-13H,6H2,1-5H3,(H,22,25)(H,23,24). The summed E-state index contributed by atoms with van der Waals surface area (Å²) in [4.78, 5) is 24.8. The number of para-hydroxylation sites is 1. The van der Waals surface area contributed by atoms with E-state index in [1.165, 1.54) is 0 Å². The summed E-state index contributed by atoms with van der Waals surface area (Å²) in [6, 6.07) is 13.0. The van der Waals surface area contributed by atoms with Crippen LogP contribution >= 0.6 is 0 Å². The van der Waals surface area contributed by atoms with Gasteiger partial charge in [0, 0.05) is 22.4 Å². The normalized spacial score (nSPS) is 11.1. The molecule has 0 spiro atoms. The Bertz CT molecular complexity index is 789. The van der Waals surface area contributed by atoms with Crippen molar-refractivity contribution in [2.75, 3.05) is 10.6 Å². The molecule has 0 saturated carbocycles. The zero-order valence-corrected chi connectivity index (χ0v) is 15.6. The molecule has 2 aromatic rings. The van der Waals surface area contributed by atoms with Crippen LogP contribution in [-0.2, 0) is 11.2 Å². The Labute approximate surface area is 149 Å². The molecule has 2 rings (SSSR count). The van der Waals surface area contributed by atoms with Crippen molar-refractivity contribution in [3.05, 3.63) is 59.2 Å². The Morgan fingerprint density at radius 1 is 1.00 bits per heavy atom. The van der Waals surface area contributed by atoms with Gasteiger partial charge in [0.2, 0.25) is 5.91 Å². The Morgan fingerprint density at radius 3 is 2.32 bits per heavy atom. The highest BCUT2D eigenvalue weighted by molar-refractivity contribution is 6.06. The number of amides is 2. The van der Waals surface area contributed by atoms with Gasteiger partial charge in [0.15, 0.2) is 0 Å². The molecule has 0 bridgehead atoms. The van der Waals surface area contributed by atoms with Crippen molar-refractivity contribution in [2.45, 2.75) is 41.0 Å². The predicted octanol–water partition coefficient (Wildman–Crippen LogP) is 4.79. The Balaban J connectivity index is 2.21. The van der Waals surface area contributed by atoms with Crippen LogP contribution < -0.4 is 10.6 Å². The van der Waals surface area contributed by atoms with Gasteiger partial charge in [-0.05, 0) is 42.7 Å². The second-order valence-electron chi connectivity index (χ2n) is 7.20. The van der Waals surface area contributed by atoms with Gasteiger partial charge in [-0.1, -0.05) is 52.0 Å². The van der Waals surface area contributed by atoms with E-state index in [0.717, 1.165) is 23.2 Å². The van der Waals surface area contributed by atoms with Crippen molar-refractivity contribution in [2.24, 2.45) is 5.41 Å². The summed E-state index contributed by atoms with van der Waals surface area (Å²) in [6.45, 7) is 9.60. The van der Waals surface area contributed by atoms with Crippen LogP contribution in [0.25, 0.3) is 0 Å². The summed E-state index contributed by atoms with van der Waals surface area (Å²) in [6.07, 6.45) is 0.846. The summed E-state index contributed by atoms with van der Waals surface area (Å²) < 4.78 is 0. The molecule has 0 atom stereocenters. The maximum absolute atomic E-state index is 12.6. The van der Waals surface area contributed by atoms with Crippen LogP contribution in [0.3, 0.4) is 0 Å². The summed E-state index contributed by atoms with van der Waals surface area (Å²) in [5.74, 6) is -0.270. The van der Waals surface area contributed by atoms with E-state index >= 15 is 0 Å². The molecule has 0 heterocycles. The third kappa shape index (κ3) is 4.69. The largest absolute Gasteiger partial charge is 0.326 e. The van der Waals surface area contributed by atoms with Gasteiger partial charge in [-0.25, -0.2) is 0 Å². The fraction of sp³-hybridized carbons (Fsp3) is 0.333. The molecule has 25 heavy (non-hydrogen) atoms. The number of carbonyl (C=O) groups is 2. The first-order valence-electron chi connectivity index (χ1n) is 8.53. The van der Waals surface area contributed by atoms with E-state index in [4.69, 9.17) is 0 Å². The summed E-state index contributed by atoms with van der Waals surface area (Å²) in [7, 11) is 0. The lowest BCUT2D eigenvalue weighted by molar-refractivity contribution is -0.123. The molecule has 4 nitrogen and oxygen atoms in total. The van der Waals surface area contributed by atoms with Crippen molar-refractivity contribution in [3.63, 3.8) is 0 Å². The molecule has 132 valence electrons. The average molecular weight is 338 g/mol. The lowest BCUT2D eigenvalue weighted by Crippen LogP contribution is -2.27. The van der Waals surface area contributed by atoms with Crippen LogP contribution in [0.2, 0.25) is 0 Å². The molecule has 0 radical (unpaired) electrons. The number of benzene rings is 2. The zero-order chi connectivity index (χ0) is 18.6. The van der Waals surface area contributed by atoms with Gasteiger partial charge >= 0.3 is 0 Å². The van der Waals surface area contributed by atoms with E-state index < -0.39 is 5.41 Å². The van der Waals surface area contributed by atoms with Gasteiger partial charge in [0.05, 0.1) is 0 Å². The van der Waals surface area contributed by atoms with Gasteiger partial charge in [0.1, 0.15) is 0 Å². The Morgan fingerprint density at radius 2 is 1.68 bits per heavy atom. The van der Waals surface area contributed by atoms with Crippen molar-refractivity contribution in [3.8, 4) is 0 Å². The minimum absolute atomic E-state index is 0.0859. The average Bonchev–Trinajstić information content (AvgIpc) is 2.56. The number of rotatable bonds is 4. The molecule has 0 aromatic heterocycles. The van der Waals surface area contributed by atoms with Crippen LogP contribution in [0.15, 0.2) is 42.5 Å². The van der Waals surface area contributed by atoms with Gasteiger partial charge in [-0.2, -0.15) is 0 Å². The van der Waals surface area contributed by atoms with E-state index in [-0.39, 0.29) is 11.8 Å². The van der Waals surface area contributed by atoms with Gasteiger partial charge < -0.3 is 10.6 Å². The molecular weight excluding hydrogens is 312 g/mol. The number of aryl methyl sites for hydroxylation is 2. The molecule has 0 saturated heterocycles. The van der Waals surface area contributed by atoms with Crippen molar-refractivity contribution < 1.29 is 9.59 Å². The van der Waals surface area contributed by atoms with Crippen LogP contribution in [0, 0.1) is 12.3 Å². The molecule has 0 aliphatic heterocycles. The third-order valence-electron chi connectivity index (χ3n) is 4.04. The third-order valence-corrected chi connectivity index (χ3v) is 4.04. The number of hydrogen-bond donors (Lipinski definition) is 2. The molecule has 2 aromatic carbocycles. The quantitative estimate of drug-likeness (QED) is 0.842. The molecule has 0 unspecified atom stereocenters. The minimum Gasteiger partial charge on any atom is -0.326 e. The van der Waals surface area contributed by atoms with E-state index in [0.29, 0.717) is 11.3 Å².